The van der Waals surface area contributed by atoms with Gasteiger partial charge in [-0.2, -0.15) is 5.26 Å². The first-order chi connectivity index (χ1) is 17.5. The van der Waals surface area contributed by atoms with Crippen molar-refractivity contribution in [1.29, 1.82) is 5.26 Å². The number of nitrogens with one attached hydrogen (secondary N) is 2. The number of ether oxygens (including phenoxy) is 2. The van der Waals surface area contributed by atoms with Crippen molar-refractivity contribution < 1.29 is 14.3 Å². The summed E-state index contributed by atoms with van der Waals surface area (Å²) in [6, 6.07) is 23.3. The normalized spacial score (nSPS) is 21.0. The fourth-order valence-corrected chi connectivity index (χ4v) is 5.01. The fraction of sp³-hybridized carbons (Fsp3) is 0.276. The minimum atomic E-state index is -1.54. The second kappa shape index (κ2) is 10.8. The van der Waals surface area contributed by atoms with Gasteiger partial charge in [0.2, 0.25) is 0 Å². The minimum absolute atomic E-state index is 0.280. The van der Waals surface area contributed by atoms with Crippen LogP contribution in [-0.2, 0) is 6.42 Å². The number of carbonyl (C=O) groups excluding carboxylic acids is 1. The maximum atomic E-state index is 14.3. The van der Waals surface area contributed by atoms with Gasteiger partial charge in [-0.05, 0) is 59.6 Å². The number of hydrogen-bond acceptors (Lipinski definition) is 5. The number of hydrogen-bond donors (Lipinski definition) is 2. The SMILES string of the molecule is CCCc1ccc(C(=O)C2(C#N)C(c3ccc(OC)cc3)NC(=S)NC2c2ccc(OC)cc2)cc1. The van der Waals surface area contributed by atoms with Crippen LogP contribution in [0.5, 0.6) is 11.5 Å². The van der Waals surface area contributed by atoms with Crippen molar-refractivity contribution in [1.82, 2.24) is 10.6 Å². The molecule has 1 saturated heterocycles. The second-order valence-electron chi connectivity index (χ2n) is 8.79. The molecular formula is C29H29N3O3S. The molecule has 0 aromatic heterocycles. The number of methoxy groups -OCH3 is 2. The average molecular weight is 500 g/mol. The van der Waals surface area contributed by atoms with E-state index in [1.54, 1.807) is 14.2 Å². The monoisotopic (exact) mass is 499 g/mol. The summed E-state index contributed by atoms with van der Waals surface area (Å²) in [5.41, 5.74) is 1.60. The lowest BCUT2D eigenvalue weighted by atomic mass is 9.65. The summed E-state index contributed by atoms with van der Waals surface area (Å²) in [5, 5.41) is 17.6. The smallest absolute Gasteiger partial charge is 0.188 e. The molecule has 3 aromatic rings. The molecule has 2 N–H and O–H groups in total. The van der Waals surface area contributed by atoms with Crippen LogP contribution in [-0.4, -0.2) is 25.1 Å². The highest BCUT2D eigenvalue weighted by Crippen LogP contribution is 2.49. The molecule has 184 valence electrons. The first-order valence-corrected chi connectivity index (χ1v) is 12.3. The van der Waals surface area contributed by atoms with Crippen molar-refractivity contribution >= 4 is 23.1 Å². The number of nitriles is 1. The zero-order valence-corrected chi connectivity index (χ0v) is 21.4. The molecule has 2 atom stereocenters. The van der Waals surface area contributed by atoms with Gasteiger partial charge in [-0.15, -0.1) is 0 Å². The Morgan fingerprint density at radius 3 is 1.75 bits per heavy atom. The Labute approximate surface area is 217 Å². The standard InChI is InChI=1S/C29H29N3O3S/c1-4-5-19-6-8-22(9-7-19)27(33)29(18-30)25(20-10-14-23(34-2)15-11-20)31-28(36)32-26(29)21-12-16-24(35-3)17-13-21/h6-17,25-26H,4-5H2,1-3H3,(H2,31,32,36). The number of thiocarbonyl (C=S) groups is 1. The van der Waals surface area contributed by atoms with Crippen LogP contribution in [0.2, 0.25) is 0 Å². The van der Waals surface area contributed by atoms with Gasteiger partial charge < -0.3 is 20.1 Å². The van der Waals surface area contributed by atoms with Crippen molar-refractivity contribution in [3.05, 3.63) is 95.1 Å². The molecule has 3 aromatic carbocycles. The summed E-state index contributed by atoms with van der Waals surface area (Å²) in [6.07, 6.45) is 1.94. The van der Waals surface area contributed by atoms with E-state index in [1.165, 1.54) is 0 Å². The van der Waals surface area contributed by atoms with E-state index < -0.39 is 17.5 Å². The van der Waals surface area contributed by atoms with Crippen LogP contribution in [0, 0.1) is 16.7 Å². The van der Waals surface area contributed by atoms with E-state index in [-0.39, 0.29) is 5.78 Å². The Morgan fingerprint density at radius 2 is 1.36 bits per heavy atom. The van der Waals surface area contributed by atoms with Crippen molar-refractivity contribution in [2.45, 2.75) is 31.8 Å². The summed E-state index contributed by atoms with van der Waals surface area (Å²) in [4.78, 5) is 14.3. The Bertz CT molecular complexity index is 1210. The third kappa shape index (κ3) is 4.65. The number of Topliss-reactive ketones (excluding diaryl/α,β-unsaturated/α-hetero) is 1. The quantitative estimate of drug-likeness (QED) is 0.321. The number of ketones is 1. The lowest BCUT2D eigenvalue weighted by Gasteiger charge is -2.46. The average Bonchev–Trinajstić information content (AvgIpc) is 2.93. The molecular weight excluding hydrogens is 470 g/mol. The number of carbonyl (C=O) groups is 1. The highest BCUT2D eigenvalue weighted by atomic mass is 32.1. The van der Waals surface area contributed by atoms with Gasteiger partial charge in [-0.25, -0.2) is 0 Å². The van der Waals surface area contributed by atoms with Gasteiger partial charge in [-0.1, -0.05) is 61.9 Å². The molecule has 0 aliphatic carbocycles. The summed E-state index contributed by atoms with van der Waals surface area (Å²) < 4.78 is 10.6. The van der Waals surface area contributed by atoms with Gasteiger partial charge in [-0.3, -0.25) is 4.79 Å². The second-order valence-corrected chi connectivity index (χ2v) is 9.20. The van der Waals surface area contributed by atoms with Crippen LogP contribution in [0.15, 0.2) is 72.8 Å². The molecule has 4 rings (SSSR count). The third-order valence-corrected chi connectivity index (χ3v) is 6.91. The zero-order chi connectivity index (χ0) is 25.7. The lowest BCUT2D eigenvalue weighted by molar-refractivity contribution is 0.0740. The van der Waals surface area contributed by atoms with E-state index >= 15 is 0 Å². The van der Waals surface area contributed by atoms with Crippen LogP contribution in [0.25, 0.3) is 0 Å². The lowest BCUT2D eigenvalue weighted by Crippen LogP contribution is -2.60. The Morgan fingerprint density at radius 1 is 0.889 bits per heavy atom. The molecule has 1 heterocycles. The zero-order valence-electron chi connectivity index (χ0n) is 20.6. The van der Waals surface area contributed by atoms with Crippen LogP contribution >= 0.6 is 12.2 Å². The van der Waals surface area contributed by atoms with Crippen molar-refractivity contribution in [2.75, 3.05) is 14.2 Å². The molecule has 36 heavy (non-hydrogen) atoms. The topological polar surface area (TPSA) is 83.4 Å². The maximum Gasteiger partial charge on any atom is 0.188 e. The van der Waals surface area contributed by atoms with E-state index in [1.807, 2.05) is 72.8 Å². The van der Waals surface area contributed by atoms with Crippen molar-refractivity contribution in [2.24, 2.45) is 5.41 Å². The van der Waals surface area contributed by atoms with E-state index in [9.17, 15) is 10.1 Å². The highest BCUT2D eigenvalue weighted by molar-refractivity contribution is 7.80. The minimum Gasteiger partial charge on any atom is -0.497 e. The largest absolute Gasteiger partial charge is 0.497 e. The number of benzene rings is 3. The molecule has 0 bridgehead atoms. The van der Waals surface area contributed by atoms with Crippen molar-refractivity contribution in [3.8, 4) is 17.6 Å². The van der Waals surface area contributed by atoms with Gasteiger partial charge in [0.15, 0.2) is 16.3 Å². The Kier molecular flexibility index (Phi) is 7.56. The first kappa shape index (κ1) is 25.2. The molecule has 7 heteroatoms. The molecule has 0 radical (unpaired) electrons. The van der Waals surface area contributed by atoms with E-state index in [2.05, 4.69) is 23.6 Å². The molecule has 1 aliphatic rings. The summed E-state index contributed by atoms with van der Waals surface area (Å²) in [6.45, 7) is 2.12. The summed E-state index contributed by atoms with van der Waals surface area (Å²) in [5.74, 6) is 1.09. The van der Waals surface area contributed by atoms with Gasteiger partial charge in [0.05, 0.1) is 32.4 Å². The Balaban J connectivity index is 1.88. The number of aryl methyl sites for hydroxylation is 1. The van der Waals surface area contributed by atoms with Gasteiger partial charge >= 0.3 is 0 Å². The first-order valence-electron chi connectivity index (χ1n) is 11.9. The predicted octanol–water partition coefficient (Wildman–Crippen LogP) is 5.31. The van der Waals surface area contributed by atoms with E-state index in [0.29, 0.717) is 22.2 Å². The Hall–Kier alpha value is -3.89. The van der Waals surface area contributed by atoms with Crippen LogP contribution in [0.3, 0.4) is 0 Å². The molecule has 0 spiro atoms. The molecule has 0 amide bonds. The highest BCUT2D eigenvalue weighted by Gasteiger charge is 2.56. The van der Waals surface area contributed by atoms with E-state index in [4.69, 9.17) is 21.7 Å². The van der Waals surface area contributed by atoms with Crippen LogP contribution in [0.4, 0.5) is 0 Å². The fourth-order valence-electron chi connectivity index (χ4n) is 4.78. The summed E-state index contributed by atoms with van der Waals surface area (Å²) in [7, 11) is 3.19. The van der Waals surface area contributed by atoms with Gasteiger partial charge in [0.1, 0.15) is 11.5 Å². The molecule has 6 nitrogen and oxygen atoms in total. The summed E-state index contributed by atoms with van der Waals surface area (Å²) >= 11 is 5.56. The molecule has 0 saturated carbocycles. The van der Waals surface area contributed by atoms with Crippen LogP contribution in [0.1, 0.15) is 52.5 Å². The van der Waals surface area contributed by atoms with Crippen LogP contribution < -0.4 is 20.1 Å². The number of nitrogens with zero attached hydrogens (tertiary/aromatic N) is 1. The van der Waals surface area contributed by atoms with Gasteiger partial charge in [0, 0.05) is 5.56 Å². The third-order valence-electron chi connectivity index (χ3n) is 6.68. The molecule has 2 unspecified atom stereocenters. The van der Waals surface area contributed by atoms with Crippen molar-refractivity contribution in [3.63, 3.8) is 0 Å². The predicted molar refractivity (Wildman–Crippen MR) is 143 cm³/mol. The number of rotatable bonds is 8. The van der Waals surface area contributed by atoms with Gasteiger partial charge in [0.25, 0.3) is 0 Å². The molecule has 1 fully saturated rings. The molecule has 1 aliphatic heterocycles. The van der Waals surface area contributed by atoms with E-state index in [0.717, 1.165) is 29.5 Å². The maximum absolute atomic E-state index is 14.3.